The van der Waals surface area contributed by atoms with E-state index < -0.39 is 0 Å². The highest BCUT2D eigenvalue weighted by molar-refractivity contribution is 6.30. The first kappa shape index (κ1) is 21.7. The van der Waals surface area contributed by atoms with Crippen LogP contribution in [0.15, 0.2) is 59.5 Å². The number of likely N-dealkylation sites (tertiary alicyclic amines) is 1. The summed E-state index contributed by atoms with van der Waals surface area (Å²) in [5.41, 5.74) is 2.30. The van der Waals surface area contributed by atoms with Crippen molar-refractivity contribution in [2.45, 2.75) is 25.9 Å². The second-order valence-electron chi connectivity index (χ2n) is 8.72. The van der Waals surface area contributed by atoms with Gasteiger partial charge in [-0.05, 0) is 55.6 Å². The lowest BCUT2D eigenvalue weighted by Gasteiger charge is -2.32. The summed E-state index contributed by atoms with van der Waals surface area (Å²) in [6.45, 7) is 3.41. The molecule has 170 valence electrons. The maximum atomic E-state index is 12.8. The zero-order valence-electron chi connectivity index (χ0n) is 18.3. The quantitative estimate of drug-likeness (QED) is 0.458. The molecule has 0 atom stereocenters. The molecule has 2 aromatic heterocycles. The second-order valence-corrected chi connectivity index (χ2v) is 9.16. The zero-order chi connectivity index (χ0) is 22.8. The van der Waals surface area contributed by atoms with E-state index in [-0.39, 0.29) is 18.0 Å². The average molecular weight is 464 g/mol. The van der Waals surface area contributed by atoms with Gasteiger partial charge < -0.3 is 10.3 Å². The molecule has 4 aromatic rings. The van der Waals surface area contributed by atoms with Crippen LogP contribution in [0.25, 0.3) is 21.8 Å². The van der Waals surface area contributed by atoms with Crippen LogP contribution >= 0.6 is 11.6 Å². The summed E-state index contributed by atoms with van der Waals surface area (Å²) in [5.74, 6) is 0.242. The molecule has 1 aliphatic rings. The number of carbonyl (C=O) groups is 1. The molecule has 7 nitrogen and oxygen atoms in total. The van der Waals surface area contributed by atoms with Crippen molar-refractivity contribution in [2.24, 2.45) is 5.92 Å². The number of rotatable bonds is 6. The third-order valence-corrected chi connectivity index (χ3v) is 6.64. The number of amides is 1. The summed E-state index contributed by atoms with van der Waals surface area (Å²) in [6.07, 6.45) is 3.71. The van der Waals surface area contributed by atoms with Gasteiger partial charge in [0, 0.05) is 34.4 Å². The van der Waals surface area contributed by atoms with E-state index in [9.17, 15) is 9.59 Å². The normalized spacial score (nSPS) is 15.3. The molecule has 0 bridgehead atoms. The fraction of sp³-hybridized carbons (Fsp3) is 0.320. The molecular formula is C25H26ClN5O2. The number of hydrogen-bond donors (Lipinski definition) is 2. The molecular weight excluding hydrogens is 438 g/mol. The molecule has 2 aromatic carbocycles. The van der Waals surface area contributed by atoms with Gasteiger partial charge in [0.15, 0.2) is 0 Å². The standard InChI is InChI=1S/C25H26ClN5O2/c26-19-5-3-4-18(12-19)15-30-10-8-17(9-11-30)13-27-23(32)16-31-25(33)24-21(14-28-31)20-6-1-2-7-22(20)29-24/h1-7,12,14,17,29H,8-11,13,15-16H2,(H,27,32). The molecule has 1 fully saturated rings. The number of hydrogen-bond acceptors (Lipinski definition) is 4. The maximum Gasteiger partial charge on any atom is 0.291 e. The van der Waals surface area contributed by atoms with E-state index in [1.165, 1.54) is 10.2 Å². The molecule has 0 saturated carbocycles. The minimum atomic E-state index is -0.284. The Morgan fingerprint density at radius 1 is 1.12 bits per heavy atom. The molecule has 1 amide bonds. The number of para-hydroxylation sites is 1. The molecule has 3 heterocycles. The lowest BCUT2D eigenvalue weighted by atomic mass is 9.96. The van der Waals surface area contributed by atoms with Crippen molar-refractivity contribution < 1.29 is 4.79 Å². The number of fused-ring (bicyclic) bond motifs is 3. The van der Waals surface area contributed by atoms with E-state index >= 15 is 0 Å². The Bertz CT molecular complexity index is 1350. The van der Waals surface area contributed by atoms with E-state index in [4.69, 9.17) is 11.6 Å². The largest absolute Gasteiger partial charge is 0.354 e. The maximum absolute atomic E-state index is 12.8. The minimum absolute atomic E-state index is 0.0856. The van der Waals surface area contributed by atoms with E-state index in [1.807, 2.05) is 42.5 Å². The molecule has 0 radical (unpaired) electrons. The molecule has 5 rings (SSSR count). The first-order chi connectivity index (χ1) is 16.1. The lowest BCUT2D eigenvalue weighted by Crippen LogP contribution is -2.40. The van der Waals surface area contributed by atoms with Gasteiger partial charge in [-0.15, -0.1) is 0 Å². The van der Waals surface area contributed by atoms with Crippen molar-refractivity contribution in [3.05, 3.63) is 75.7 Å². The Morgan fingerprint density at radius 2 is 1.94 bits per heavy atom. The van der Waals surface area contributed by atoms with Gasteiger partial charge in [-0.2, -0.15) is 5.10 Å². The summed E-state index contributed by atoms with van der Waals surface area (Å²) >= 11 is 6.09. The Balaban J connectivity index is 1.14. The highest BCUT2D eigenvalue weighted by Crippen LogP contribution is 2.22. The Labute approximate surface area is 196 Å². The topological polar surface area (TPSA) is 83.0 Å². The van der Waals surface area contributed by atoms with E-state index in [2.05, 4.69) is 26.4 Å². The molecule has 1 aliphatic heterocycles. The number of H-pyrrole nitrogens is 1. The van der Waals surface area contributed by atoms with Crippen molar-refractivity contribution in [1.82, 2.24) is 25.0 Å². The average Bonchev–Trinajstić information content (AvgIpc) is 3.20. The van der Waals surface area contributed by atoms with Gasteiger partial charge in [-0.3, -0.25) is 14.5 Å². The summed E-state index contributed by atoms with van der Waals surface area (Å²) < 4.78 is 1.22. The van der Waals surface area contributed by atoms with Gasteiger partial charge in [-0.1, -0.05) is 41.9 Å². The van der Waals surface area contributed by atoms with Crippen molar-refractivity contribution in [3.8, 4) is 0 Å². The smallest absolute Gasteiger partial charge is 0.291 e. The van der Waals surface area contributed by atoms with Crippen LogP contribution in [0.3, 0.4) is 0 Å². The first-order valence-electron chi connectivity index (χ1n) is 11.3. The fourth-order valence-corrected chi connectivity index (χ4v) is 4.79. The molecule has 33 heavy (non-hydrogen) atoms. The molecule has 8 heteroatoms. The van der Waals surface area contributed by atoms with Crippen LogP contribution in [-0.2, 0) is 17.9 Å². The van der Waals surface area contributed by atoms with E-state index in [1.54, 1.807) is 6.20 Å². The van der Waals surface area contributed by atoms with Crippen LogP contribution in [0.4, 0.5) is 0 Å². The number of aromatic amines is 1. The van der Waals surface area contributed by atoms with Crippen LogP contribution < -0.4 is 10.9 Å². The number of aromatic nitrogens is 3. The number of carbonyl (C=O) groups excluding carboxylic acids is 1. The molecule has 2 N–H and O–H groups in total. The number of nitrogens with zero attached hydrogens (tertiary/aromatic N) is 3. The second kappa shape index (κ2) is 9.37. The minimum Gasteiger partial charge on any atom is -0.354 e. The summed E-state index contributed by atoms with van der Waals surface area (Å²) in [6, 6.07) is 15.7. The molecule has 0 spiro atoms. The lowest BCUT2D eigenvalue weighted by molar-refractivity contribution is -0.122. The number of piperidine rings is 1. The van der Waals surface area contributed by atoms with Crippen molar-refractivity contribution in [3.63, 3.8) is 0 Å². The molecule has 0 unspecified atom stereocenters. The third-order valence-electron chi connectivity index (χ3n) is 6.40. The van der Waals surface area contributed by atoms with Gasteiger partial charge in [0.1, 0.15) is 12.1 Å². The summed E-state index contributed by atoms with van der Waals surface area (Å²) in [5, 5.41) is 9.71. The monoisotopic (exact) mass is 463 g/mol. The van der Waals surface area contributed by atoms with Gasteiger partial charge in [0.05, 0.1) is 6.20 Å². The highest BCUT2D eigenvalue weighted by atomic mass is 35.5. The predicted octanol–water partition coefficient (Wildman–Crippen LogP) is 3.56. The van der Waals surface area contributed by atoms with E-state index in [0.717, 1.165) is 53.8 Å². The Hall–Kier alpha value is -3.16. The Kier molecular flexibility index (Phi) is 6.15. The van der Waals surface area contributed by atoms with Crippen molar-refractivity contribution in [2.75, 3.05) is 19.6 Å². The van der Waals surface area contributed by atoms with Crippen LogP contribution in [0.2, 0.25) is 5.02 Å². The summed E-state index contributed by atoms with van der Waals surface area (Å²) in [7, 11) is 0. The van der Waals surface area contributed by atoms with Gasteiger partial charge in [-0.25, -0.2) is 4.68 Å². The third kappa shape index (κ3) is 4.79. The highest BCUT2D eigenvalue weighted by Gasteiger charge is 2.20. The van der Waals surface area contributed by atoms with Crippen LogP contribution in [-0.4, -0.2) is 45.2 Å². The number of benzene rings is 2. The molecule has 0 aliphatic carbocycles. The van der Waals surface area contributed by atoms with Crippen molar-refractivity contribution >= 4 is 39.3 Å². The van der Waals surface area contributed by atoms with Crippen LogP contribution in [0, 0.1) is 5.92 Å². The molecule has 1 saturated heterocycles. The van der Waals surface area contributed by atoms with Gasteiger partial charge in [0.25, 0.3) is 5.56 Å². The van der Waals surface area contributed by atoms with Crippen LogP contribution in [0.5, 0.6) is 0 Å². The number of nitrogens with one attached hydrogen (secondary N) is 2. The first-order valence-corrected chi connectivity index (χ1v) is 11.6. The summed E-state index contributed by atoms with van der Waals surface area (Å²) in [4.78, 5) is 30.9. The zero-order valence-corrected chi connectivity index (χ0v) is 19.0. The SMILES string of the molecule is O=C(Cn1ncc2c([nH]c3ccccc32)c1=O)NCC1CCN(Cc2cccc(Cl)c2)CC1. The van der Waals surface area contributed by atoms with E-state index in [0.29, 0.717) is 18.0 Å². The van der Waals surface area contributed by atoms with Crippen LogP contribution in [0.1, 0.15) is 18.4 Å². The fourth-order valence-electron chi connectivity index (χ4n) is 4.58. The predicted molar refractivity (Wildman–Crippen MR) is 130 cm³/mol. The number of halogens is 1. The van der Waals surface area contributed by atoms with Crippen molar-refractivity contribution in [1.29, 1.82) is 0 Å². The van der Waals surface area contributed by atoms with Gasteiger partial charge >= 0.3 is 0 Å². The Morgan fingerprint density at radius 3 is 2.76 bits per heavy atom. The van der Waals surface area contributed by atoms with Gasteiger partial charge in [0.2, 0.25) is 5.91 Å².